The summed E-state index contributed by atoms with van der Waals surface area (Å²) in [6.45, 7) is 0. The summed E-state index contributed by atoms with van der Waals surface area (Å²) in [5, 5.41) is 3.38. The zero-order valence-corrected chi connectivity index (χ0v) is 22.5. The van der Waals surface area contributed by atoms with Crippen molar-refractivity contribution in [3.05, 3.63) is 128 Å². The predicted octanol–water partition coefficient (Wildman–Crippen LogP) is 7.13. The van der Waals surface area contributed by atoms with E-state index in [-0.39, 0.29) is 0 Å². The third kappa shape index (κ3) is 3.24. The zero-order chi connectivity index (χ0) is 25.9. The summed E-state index contributed by atoms with van der Waals surface area (Å²) in [6, 6.07) is 38.2. The van der Waals surface area contributed by atoms with Gasteiger partial charge in [0.25, 0.3) is 0 Å². The number of para-hydroxylation sites is 2. The summed E-state index contributed by atoms with van der Waals surface area (Å²) < 4.78 is 5.77. The van der Waals surface area contributed by atoms with Crippen LogP contribution in [0.2, 0.25) is 0 Å². The maximum atomic E-state index is 5.10. The molecule has 0 atom stereocenters. The Morgan fingerprint density at radius 3 is 2.18 bits per heavy atom. The van der Waals surface area contributed by atoms with Gasteiger partial charge in [-0.05, 0) is 0 Å². The van der Waals surface area contributed by atoms with Crippen molar-refractivity contribution >= 4 is 64.2 Å². The molecule has 183 valence electrons. The Bertz CT molecular complexity index is 2180. The molecule has 8 aromatic rings. The van der Waals surface area contributed by atoms with Gasteiger partial charge in [-0.2, -0.15) is 0 Å². The molecule has 0 saturated heterocycles. The van der Waals surface area contributed by atoms with E-state index >= 15 is 0 Å². The Labute approximate surface area is 233 Å². The Morgan fingerprint density at radius 2 is 1.33 bits per heavy atom. The van der Waals surface area contributed by atoms with Crippen LogP contribution in [-0.4, -0.2) is 35.1 Å². The van der Waals surface area contributed by atoms with Gasteiger partial charge < -0.3 is 0 Å². The van der Waals surface area contributed by atoms with Crippen LogP contribution in [0.1, 0.15) is 0 Å². The molecular formula is C34H21N4Se. The second-order valence-corrected chi connectivity index (χ2v) is 10.5. The standard InChI is InChI=1S/C34H21N4Se/c39-34-24(22-10-3-1-4-11-22)15-9-17-29(34)38-28-18-19-35-20-26(28)31-30(38)21-36-32-25-14-7-8-16-27(25)37(33(31)32)23-12-5-2-6-13-23/h1-21H. The number of hydrogen-bond acceptors (Lipinski definition) is 2. The van der Waals surface area contributed by atoms with E-state index in [4.69, 9.17) is 4.98 Å². The number of fused-ring (bicyclic) bond motifs is 7. The van der Waals surface area contributed by atoms with Crippen molar-refractivity contribution in [2.75, 3.05) is 0 Å². The van der Waals surface area contributed by atoms with E-state index in [0.717, 1.165) is 59.6 Å². The average Bonchev–Trinajstić information content (AvgIpc) is 3.51. The van der Waals surface area contributed by atoms with Gasteiger partial charge in [0.2, 0.25) is 0 Å². The molecule has 0 aliphatic carbocycles. The van der Waals surface area contributed by atoms with Crippen molar-refractivity contribution in [2.24, 2.45) is 0 Å². The molecule has 0 saturated carbocycles. The first kappa shape index (κ1) is 22.3. The molecule has 4 aromatic heterocycles. The van der Waals surface area contributed by atoms with Gasteiger partial charge in [0.15, 0.2) is 0 Å². The van der Waals surface area contributed by atoms with Crippen LogP contribution in [0.25, 0.3) is 66.2 Å². The number of pyridine rings is 2. The van der Waals surface area contributed by atoms with Gasteiger partial charge >= 0.3 is 234 Å². The van der Waals surface area contributed by atoms with Gasteiger partial charge in [0, 0.05) is 0 Å². The number of nitrogens with zero attached hydrogens (tertiary/aromatic N) is 4. The van der Waals surface area contributed by atoms with Gasteiger partial charge in [-0.25, -0.2) is 0 Å². The van der Waals surface area contributed by atoms with Gasteiger partial charge in [0.05, 0.1) is 0 Å². The average molecular weight is 565 g/mol. The summed E-state index contributed by atoms with van der Waals surface area (Å²) >= 11 is 3.39. The summed E-state index contributed by atoms with van der Waals surface area (Å²) in [7, 11) is 0. The van der Waals surface area contributed by atoms with Crippen LogP contribution in [-0.2, 0) is 0 Å². The van der Waals surface area contributed by atoms with E-state index in [2.05, 4.69) is 139 Å². The van der Waals surface area contributed by atoms with Crippen LogP contribution in [0.5, 0.6) is 0 Å². The first-order valence-electron chi connectivity index (χ1n) is 12.9. The van der Waals surface area contributed by atoms with Crippen molar-refractivity contribution in [2.45, 2.75) is 0 Å². The van der Waals surface area contributed by atoms with E-state index < -0.39 is 0 Å². The van der Waals surface area contributed by atoms with Gasteiger partial charge in [-0.3, -0.25) is 0 Å². The van der Waals surface area contributed by atoms with Gasteiger partial charge in [0.1, 0.15) is 0 Å². The minimum atomic E-state index is 0.992. The van der Waals surface area contributed by atoms with Crippen molar-refractivity contribution in [1.82, 2.24) is 19.1 Å². The Balaban J connectivity index is 1.55. The van der Waals surface area contributed by atoms with E-state index in [1.807, 2.05) is 18.6 Å². The van der Waals surface area contributed by atoms with Crippen LogP contribution < -0.4 is 4.46 Å². The molecule has 0 unspecified atom stereocenters. The molecule has 4 aromatic carbocycles. The molecule has 0 bridgehead atoms. The molecule has 0 amide bonds. The van der Waals surface area contributed by atoms with Crippen LogP contribution in [0.4, 0.5) is 0 Å². The molecule has 0 N–H and O–H groups in total. The van der Waals surface area contributed by atoms with Crippen LogP contribution in [0.15, 0.2) is 128 Å². The predicted molar refractivity (Wildman–Crippen MR) is 162 cm³/mol. The number of hydrogen-bond donors (Lipinski definition) is 0. The number of benzene rings is 4. The normalized spacial score (nSPS) is 11.7. The summed E-state index contributed by atoms with van der Waals surface area (Å²) in [6.07, 6.45) is 5.88. The summed E-state index contributed by atoms with van der Waals surface area (Å²) in [5.41, 5.74) is 9.92. The van der Waals surface area contributed by atoms with Crippen LogP contribution in [0, 0.1) is 0 Å². The second kappa shape index (κ2) is 8.67. The summed E-state index contributed by atoms with van der Waals surface area (Å²) in [4.78, 5) is 9.67. The molecule has 4 nitrogen and oxygen atoms in total. The molecule has 4 heterocycles. The van der Waals surface area contributed by atoms with Gasteiger partial charge in [-0.15, -0.1) is 0 Å². The Morgan fingerprint density at radius 1 is 0.590 bits per heavy atom. The van der Waals surface area contributed by atoms with Crippen LogP contribution in [0.3, 0.4) is 0 Å². The molecule has 5 heteroatoms. The van der Waals surface area contributed by atoms with Crippen LogP contribution >= 0.6 is 0 Å². The Kier molecular flexibility index (Phi) is 4.96. The first-order valence-corrected chi connectivity index (χ1v) is 13.7. The van der Waals surface area contributed by atoms with E-state index in [1.54, 1.807) is 0 Å². The third-order valence-electron chi connectivity index (χ3n) is 7.54. The van der Waals surface area contributed by atoms with Crippen molar-refractivity contribution in [3.63, 3.8) is 0 Å². The van der Waals surface area contributed by atoms with Crippen molar-refractivity contribution in [3.8, 4) is 22.5 Å². The van der Waals surface area contributed by atoms with E-state index in [1.165, 1.54) is 11.1 Å². The Hall–Kier alpha value is -4.70. The molecule has 0 aliphatic rings. The fourth-order valence-corrected chi connectivity index (χ4v) is 6.61. The monoisotopic (exact) mass is 565 g/mol. The first-order chi connectivity index (χ1) is 19.3. The number of rotatable bonds is 3. The maximum absolute atomic E-state index is 5.10. The van der Waals surface area contributed by atoms with E-state index in [0.29, 0.717) is 0 Å². The van der Waals surface area contributed by atoms with E-state index in [9.17, 15) is 0 Å². The topological polar surface area (TPSA) is 35.6 Å². The van der Waals surface area contributed by atoms with Crippen molar-refractivity contribution in [1.29, 1.82) is 0 Å². The quantitative estimate of drug-likeness (QED) is 0.214. The number of aromatic nitrogens is 4. The second-order valence-electron chi connectivity index (χ2n) is 9.65. The molecule has 0 spiro atoms. The van der Waals surface area contributed by atoms with Crippen molar-refractivity contribution < 1.29 is 0 Å². The molecule has 1 radical (unpaired) electrons. The molecule has 8 rings (SSSR count). The van der Waals surface area contributed by atoms with Gasteiger partial charge in [-0.1, -0.05) is 0 Å². The zero-order valence-electron chi connectivity index (χ0n) is 20.8. The molecular weight excluding hydrogens is 543 g/mol. The molecule has 0 fully saturated rings. The summed E-state index contributed by atoms with van der Waals surface area (Å²) in [5.74, 6) is 0. The SMILES string of the molecule is [Se]c1c(-c2ccccc2)cccc1-n1c2ccncc2c2c1cnc1c3ccccc3n(-c3ccccc3)c12. The minimum absolute atomic E-state index is 0.992. The molecule has 39 heavy (non-hydrogen) atoms. The third-order valence-corrected chi connectivity index (χ3v) is 8.44. The fraction of sp³-hybridized carbons (Fsp3) is 0. The fourth-order valence-electron chi connectivity index (χ4n) is 5.89. The molecule has 0 aliphatic heterocycles.